The van der Waals surface area contributed by atoms with Crippen LogP contribution in [0.25, 0.3) is 5.70 Å². The summed E-state index contributed by atoms with van der Waals surface area (Å²) in [6.07, 6.45) is -4.44. The third-order valence-electron chi connectivity index (χ3n) is 2.98. The van der Waals surface area contributed by atoms with Crippen molar-refractivity contribution in [2.45, 2.75) is 6.18 Å². The Bertz CT molecular complexity index is 744. The van der Waals surface area contributed by atoms with Crippen LogP contribution in [-0.2, 0) is 6.18 Å². The number of hydrazine groups is 1. The summed E-state index contributed by atoms with van der Waals surface area (Å²) < 4.78 is 38.7. The summed E-state index contributed by atoms with van der Waals surface area (Å²) in [6, 6.07) is 11.4. The van der Waals surface area contributed by atoms with Crippen LogP contribution in [-0.4, -0.2) is 5.91 Å². The molecule has 120 valence electrons. The van der Waals surface area contributed by atoms with Gasteiger partial charge in [0.25, 0.3) is 5.91 Å². The van der Waals surface area contributed by atoms with Crippen LogP contribution in [0, 0.1) is 0 Å². The van der Waals surface area contributed by atoms with E-state index in [4.69, 9.17) is 0 Å². The Morgan fingerprint density at radius 2 is 1.74 bits per heavy atom. The van der Waals surface area contributed by atoms with E-state index in [0.717, 1.165) is 12.1 Å². The summed E-state index contributed by atoms with van der Waals surface area (Å²) in [5.74, 6) is -0.439. The third-order valence-corrected chi connectivity index (χ3v) is 3.68. The molecule has 0 aliphatic carbocycles. The molecule has 23 heavy (non-hydrogen) atoms. The quantitative estimate of drug-likeness (QED) is 0.768. The molecule has 2 rings (SSSR count). The Morgan fingerprint density at radius 3 is 2.39 bits per heavy atom. The third kappa shape index (κ3) is 4.35. The zero-order valence-electron chi connectivity index (χ0n) is 11.7. The average Bonchev–Trinajstić information content (AvgIpc) is 2.52. The van der Waals surface area contributed by atoms with Crippen LogP contribution in [0.3, 0.4) is 0 Å². The lowest BCUT2D eigenvalue weighted by atomic mass is 10.1. The highest BCUT2D eigenvalue weighted by molar-refractivity contribution is 9.10. The fourth-order valence-corrected chi connectivity index (χ4v) is 2.27. The van der Waals surface area contributed by atoms with Crippen molar-refractivity contribution in [3.63, 3.8) is 0 Å². The number of nitrogens with one attached hydrogen (secondary N) is 2. The van der Waals surface area contributed by atoms with Crippen molar-refractivity contribution in [1.82, 2.24) is 10.9 Å². The normalized spacial score (nSPS) is 11.0. The molecule has 1 amide bonds. The Kier molecular flexibility index (Phi) is 5.10. The van der Waals surface area contributed by atoms with Crippen molar-refractivity contribution in [2.24, 2.45) is 0 Å². The monoisotopic (exact) mass is 384 g/mol. The molecule has 0 saturated heterocycles. The minimum Gasteiger partial charge on any atom is -0.298 e. The van der Waals surface area contributed by atoms with Crippen molar-refractivity contribution in [2.75, 3.05) is 0 Å². The number of carbonyl (C=O) groups excluding carboxylic acids is 1. The highest BCUT2D eigenvalue weighted by Gasteiger charge is 2.30. The lowest BCUT2D eigenvalue weighted by molar-refractivity contribution is -0.137. The molecule has 0 fully saturated rings. The number of rotatable bonds is 4. The standard InChI is InChI=1S/C16H12BrF3N2O/c1-10(11-5-4-6-12(9-11)16(18,19)20)21-22-15(23)13-7-2-3-8-14(13)17/h2-9,21H,1H2,(H,22,23). The van der Waals surface area contributed by atoms with Crippen LogP contribution >= 0.6 is 15.9 Å². The summed E-state index contributed by atoms with van der Waals surface area (Å²) in [4.78, 5) is 12.0. The van der Waals surface area contributed by atoms with Gasteiger partial charge in [0.15, 0.2) is 0 Å². The molecule has 3 nitrogen and oxygen atoms in total. The second-order valence-corrected chi connectivity index (χ2v) is 5.47. The zero-order chi connectivity index (χ0) is 17.0. The second-order valence-electron chi connectivity index (χ2n) is 4.62. The van der Waals surface area contributed by atoms with Gasteiger partial charge in [0.05, 0.1) is 16.8 Å². The predicted octanol–water partition coefficient (Wildman–Crippen LogP) is 4.37. The highest BCUT2D eigenvalue weighted by Crippen LogP contribution is 2.30. The lowest BCUT2D eigenvalue weighted by Crippen LogP contribution is -2.36. The van der Waals surface area contributed by atoms with Crippen molar-refractivity contribution < 1.29 is 18.0 Å². The van der Waals surface area contributed by atoms with Gasteiger partial charge in [-0.05, 0) is 45.8 Å². The Hall–Kier alpha value is -2.28. The van der Waals surface area contributed by atoms with Gasteiger partial charge in [-0.15, -0.1) is 0 Å². The molecule has 0 heterocycles. The zero-order valence-corrected chi connectivity index (χ0v) is 13.3. The van der Waals surface area contributed by atoms with Crippen LogP contribution in [0.15, 0.2) is 59.6 Å². The van der Waals surface area contributed by atoms with Crippen molar-refractivity contribution >= 4 is 27.5 Å². The van der Waals surface area contributed by atoms with Gasteiger partial charge < -0.3 is 0 Å². The fourth-order valence-electron chi connectivity index (χ4n) is 1.80. The van der Waals surface area contributed by atoms with Gasteiger partial charge in [-0.2, -0.15) is 13.2 Å². The number of carbonyl (C=O) groups is 1. The van der Waals surface area contributed by atoms with Gasteiger partial charge in [-0.3, -0.25) is 15.6 Å². The van der Waals surface area contributed by atoms with Gasteiger partial charge in [-0.1, -0.05) is 30.8 Å². The van der Waals surface area contributed by atoms with Gasteiger partial charge in [-0.25, -0.2) is 0 Å². The molecule has 0 aliphatic heterocycles. The maximum Gasteiger partial charge on any atom is 0.416 e. The smallest absolute Gasteiger partial charge is 0.298 e. The summed E-state index contributed by atoms with van der Waals surface area (Å²) in [5, 5.41) is 0. The van der Waals surface area contributed by atoms with Crippen LogP contribution in [0.4, 0.5) is 13.2 Å². The van der Waals surface area contributed by atoms with Gasteiger partial charge >= 0.3 is 6.18 Å². The SMILES string of the molecule is C=C(NNC(=O)c1ccccc1Br)c1cccc(C(F)(F)F)c1. The summed E-state index contributed by atoms with van der Waals surface area (Å²) in [5.41, 5.74) is 4.90. The number of halogens is 4. The molecular formula is C16H12BrF3N2O. The molecule has 2 aromatic carbocycles. The molecule has 0 aromatic heterocycles. The molecule has 0 atom stereocenters. The van der Waals surface area contributed by atoms with Crippen molar-refractivity contribution in [3.05, 3.63) is 76.3 Å². The molecule has 0 aliphatic rings. The Balaban J connectivity index is 2.06. The molecule has 2 N–H and O–H groups in total. The second kappa shape index (κ2) is 6.87. The largest absolute Gasteiger partial charge is 0.416 e. The highest BCUT2D eigenvalue weighted by atomic mass is 79.9. The number of hydrogen-bond acceptors (Lipinski definition) is 2. The molecule has 7 heteroatoms. The van der Waals surface area contributed by atoms with E-state index in [9.17, 15) is 18.0 Å². The first kappa shape index (κ1) is 17.1. The fraction of sp³-hybridized carbons (Fsp3) is 0.0625. The van der Waals surface area contributed by atoms with E-state index in [2.05, 4.69) is 33.4 Å². The van der Waals surface area contributed by atoms with Crippen molar-refractivity contribution in [1.29, 1.82) is 0 Å². The lowest BCUT2D eigenvalue weighted by Gasteiger charge is -2.13. The van der Waals surface area contributed by atoms with Gasteiger partial charge in [0, 0.05) is 4.47 Å². The van der Waals surface area contributed by atoms with E-state index in [1.54, 1.807) is 24.3 Å². The minimum atomic E-state index is -4.44. The maximum atomic E-state index is 12.7. The molecule has 0 unspecified atom stereocenters. The first-order valence-corrected chi connectivity index (χ1v) is 7.26. The van der Waals surface area contributed by atoms with Crippen LogP contribution in [0.5, 0.6) is 0 Å². The summed E-state index contributed by atoms with van der Waals surface area (Å²) in [6.45, 7) is 3.63. The number of benzene rings is 2. The molecule has 0 radical (unpaired) electrons. The van der Waals surface area contributed by atoms with E-state index >= 15 is 0 Å². The maximum absolute atomic E-state index is 12.7. The van der Waals surface area contributed by atoms with E-state index in [1.807, 2.05) is 0 Å². The Labute approximate surface area is 139 Å². The number of amides is 1. The topological polar surface area (TPSA) is 41.1 Å². The van der Waals surface area contributed by atoms with Gasteiger partial charge in [0.2, 0.25) is 0 Å². The molecular weight excluding hydrogens is 373 g/mol. The average molecular weight is 385 g/mol. The first-order chi connectivity index (χ1) is 10.8. The van der Waals surface area contributed by atoms with E-state index < -0.39 is 17.6 Å². The van der Waals surface area contributed by atoms with E-state index in [1.165, 1.54) is 12.1 Å². The van der Waals surface area contributed by atoms with Gasteiger partial charge in [0.1, 0.15) is 0 Å². The van der Waals surface area contributed by atoms with Crippen molar-refractivity contribution in [3.8, 4) is 0 Å². The first-order valence-electron chi connectivity index (χ1n) is 6.46. The Morgan fingerprint density at radius 1 is 1.04 bits per heavy atom. The minimum absolute atomic E-state index is 0.150. The summed E-state index contributed by atoms with van der Waals surface area (Å²) in [7, 11) is 0. The van der Waals surface area contributed by atoms with E-state index in [-0.39, 0.29) is 11.3 Å². The van der Waals surface area contributed by atoms with Crippen LogP contribution in [0.2, 0.25) is 0 Å². The molecule has 0 bridgehead atoms. The number of hydrogen-bond donors (Lipinski definition) is 2. The summed E-state index contributed by atoms with van der Waals surface area (Å²) >= 11 is 3.24. The predicted molar refractivity (Wildman–Crippen MR) is 85.2 cm³/mol. The van der Waals surface area contributed by atoms with Crippen LogP contribution < -0.4 is 10.9 Å². The number of alkyl halides is 3. The molecule has 0 saturated carbocycles. The molecule has 2 aromatic rings. The molecule has 0 spiro atoms. The van der Waals surface area contributed by atoms with E-state index in [0.29, 0.717) is 10.0 Å². The van der Waals surface area contributed by atoms with Crippen LogP contribution in [0.1, 0.15) is 21.5 Å².